The first-order valence-corrected chi connectivity index (χ1v) is 3.64. The molecule has 0 spiro atoms. The van der Waals surface area contributed by atoms with Gasteiger partial charge in [0, 0.05) is 0 Å². The third kappa shape index (κ3) is 2.72. The fourth-order valence-electron chi connectivity index (χ4n) is 1.12. The van der Waals surface area contributed by atoms with Gasteiger partial charge in [-0.1, -0.05) is 0 Å². The summed E-state index contributed by atoms with van der Waals surface area (Å²) < 4.78 is 4.70. The van der Waals surface area contributed by atoms with E-state index >= 15 is 0 Å². The van der Waals surface area contributed by atoms with E-state index in [1.54, 1.807) is 0 Å². The number of hydrogen-bond acceptors (Lipinski definition) is 6. The van der Waals surface area contributed by atoms with Crippen molar-refractivity contribution in [3.8, 4) is 0 Å². The van der Waals surface area contributed by atoms with Crippen LogP contribution in [0.4, 0.5) is 0 Å². The Morgan fingerprint density at radius 2 is 1.69 bits per heavy atom. The van der Waals surface area contributed by atoms with E-state index in [9.17, 15) is 10.2 Å². The van der Waals surface area contributed by atoms with Gasteiger partial charge >= 0.3 is 0 Å². The van der Waals surface area contributed by atoms with Gasteiger partial charge in [0.05, 0.1) is 12.6 Å². The second-order valence-corrected chi connectivity index (χ2v) is 2.81. The average molecular weight is 307 g/mol. The molecule has 6 N–H and O–H groups in total. The summed E-state index contributed by atoms with van der Waals surface area (Å²) in [7, 11) is 0. The maximum Gasteiger partial charge on any atom is 0.173 e. The Bertz CT molecular complexity index is 155. The Kier molecular flexibility index (Phi) is 5.59. The van der Waals surface area contributed by atoms with Gasteiger partial charge in [0.25, 0.3) is 0 Å². The fourth-order valence-corrected chi connectivity index (χ4v) is 1.12. The highest BCUT2D eigenvalue weighted by Gasteiger charge is 2.41. The van der Waals surface area contributed by atoms with E-state index in [-0.39, 0.29) is 24.0 Å². The highest BCUT2D eigenvalue weighted by Crippen LogP contribution is 2.17. The zero-order chi connectivity index (χ0) is 9.30. The molecule has 0 bridgehead atoms. The number of aliphatic hydroxyl groups is 4. The predicted octanol–water partition coefficient (Wildman–Crippen LogP) is -2.64. The van der Waals surface area contributed by atoms with Gasteiger partial charge in [-0.2, -0.15) is 0 Å². The molecule has 1 heterocycles. The van der Waals surface area contributed by atoms with E-state index in [1.807, 2.05) is 0 Å². The van der Waals surface area contributed by atoms with Crippen molar-refractivity contribution in [2.45, 2.75) is 30.6 Å². The molecule has 6 nitrogen and oxygen atoms in total. The maximum atomic E-state index is 9.20. The number of rotatable bonds is 1. The fraction of sp³-hybridized carbons (Fsp3) is 1.00. The summed E-state index contributed by atoms with van der Waals surface area (Å²) in [6.45, 7) is -0.470. The lowest BCUT2D eigenvalue weighted by Crippen LogP contribution is -2.61. The molecule has 0 aromatic rings. The number of aliphatic hydroxyl groups excluding tert-OH is 4. The van der Waals surface area contributed by atoms with Crippen molar-refractivity contribution in [2.75, 3.05) is 6.61 Å². The molecule has 0 radical (unpaired) electrons. The summed E-state index contributed by atoms with van der Waals surface area (Å²) in [6.07, 6.45) is -4.85. The topological polar surface area (TPSA) is 116 Å². The molecule has 0 aromatic carbocycles. The normalized spacial score (nSPS) is 45.5. The first kappa shape index (κ1) is 13.5. The summed E-state index contributed by atoms with van der Waals surface area (Å²) in [6, 6.07) is -1.04. The van der Waals surface area contributed by atoms with E-state index in [1.165, 1.54) is 0 Å². The number of ether oxygens (including phenoxy) is 1. The molecule has 0 amide bonds. The van der Waals surface area contributed by atoms with E-state index in [4.69, 9.17) is 20.7 Å². The first-order valence-electron chi connectivity index (χ1n) is 3.64. The van der Waals surface area contributed by atoms with Crippen LogP contribution in [0.1, 0.15) is 0 Å². The largest absolute Gasteiger partial charge is 0.394 e. The van der Waals surface area contributed by atoms with Crippen LogP contribution in [-0.2, 0) is 4.74 Å². The van der Waals surface area contributed by atoms with Crippen molar-refractivity contribution >= 4 is 24.0 Å². The number of nitrogens with two attached hydrogens (primary N) is 1. The predicted molar refractivity (Wildman–Crippen MR) is 53.4 cm³/mol. The Balaban J connectivity index is 0.00000144. The van der Waals surface area contributed by atoms with Crippen molar-refractivity contribution < 1.29 is 25.2 Å². The quantitative estimate of drug-likeness (QED) is 0.338. The molecule has 7 heteroatoms. The van der Waals surface area contributed by atoms with Gasteiger partial charge in [-0.05, 0) is 0 Å². The van der Waals surface area contributed by atoms with Gasteiger partial charge in [0.2, 0.25) is 0 Å². The molecule has 1 rings (SSSR count). The van der Waals surface area contributed by atoms with Crippen LogP contribution in [-0.4, -0.2) is 57.7 Å². The van der Waals surface area contributed by atoms with Gasteiger partial charge in [0.1, 0.15) is 18.3 Å². The van der Waals surface area contributed by atoms with E-state index in [2.05, 4.69) is 0 Å². The second kappa shape index (κ2) is 5.39. The first-order chi connectivity index (χ1) is 5.57. The second-order valence-electron chi connectivity index (χ2n) is 2.81. The minimum Gasteiger partial charge on any atom is -0.394 e. The van der Waals surface area contributed by atoms with Crippen LogP contribution in [0.3, 0.4) is 0 Å². The summed E-state index contributed by atoms with van der Waals surface area (Å²) in [4.78, 5) is 0. The Morgan fingerprint density at radius 1 is 1.15 bits per heavy atom. The lowest BCUT2D eigenvalue weighted by Gasteiger charge is -2.38. The van der Waals surface area contributed by atoms with Crippen molar-refractivity contribution in [1.82, 2.24) is 0 Å². The molecule has 1 aliphatic rings. The molecule has 1 fully saturated rings. The lowest BCUT2D eigenvalue weighted by atomic mass is 9.98. The molecule has 0 aromatic heterocycles. The third-order valence-corrected chi connectivity index (χ3v) is 1.95. The zero-order valence-corrected chi connectivity index (χ0v) is 9.11. The van der Waals surface area contributed by atoms with Crippen molar-refractivity contribution in [3.63, 3.8) is 0 Å². The highest BCUT2D eigenvalue weighted by molar-refractivity contribution is 14.0. The minimum atomic E-state index is -1.35. The van der Waals surface area contributed by atoms with Crippen molar-refractivity contribution in [3.05, 3.63) is 0 Å². The van der Waals surface area contributed by atoms with Gasteiger partial charge in [-0.3, -0.25) is 0 Å². The molecule has 5 atom stereocenters. The van der Waals surface area contributed by atoms with Crippen LogP contribution in [0.5, 0.6) is 0 Å². The van der Waals surface area contributed by atoms with Crippen LogP contribution >= 0.6 is 24.0 Å². The Morgan fingerprint density at radius 3 is 2.15 bits per heavy atom. The molecule has 0 saturated carbocycles. The molecular formula is C6H14INO5. The van der Waals surface area contributed by atoms with Crippen LogP contribution in [0.15, 0.2) is 0 Å². The SMILES string of the molecule is I.N[C@H]1C(O)O[C@@H](CO)[C@H](O)[C@H]1O. The minimum absolute atomic E-state index is 0. The van der Waals surface area contributed by atoms with Crippen molar-refractivity contribution in [1.29, 1.82) is 0 Å². The van der Waals surface area contributed by atoms with Crippen LogP contribution in [0.25, 0.3) is 0 Å². The monoisotopic (exact) mass is 307 g/mol. The van der Waals surface area contributed by atoms with Crippen LogP contribution in [0, 0.1) is 0 Å². The van der Waals surface area contributed by atoms with Gasteiger partial charge in [0.15, 0.2) is 6.29 Å². The van der Waals surface area contributed by atoms with Crippen LogP contribution in [0.2, 0.25) is 0 Å². The smallest absolute Gasteiger partial charge is 0.173 e. The molecule has 1 saturated heterocycles. The van der Waals surface area contributed by atoms with Gasteiger partial charge in [-0.15, -0.1) is 24.0 Å². The van der Waals surface area contributed by atoms with E-state index in [0.29, 0.717) is 0 Å². The number of halogens is 1. The Hall–Kier alpha value is 0.490. The lowest BCUT2D eigenvalue weighted by molar-refractivity contribution is -0.248. The van der Waals surface area contributed by atoms with Gasteiger partial charge < -0.3 is 30.9 Å². The van der Waals surface area contributed by atoms with Crippen molar-refractivity contribution in [2.24, 2.45) is 5.73 Å². The highest BCUT2D eigenvalue weighted by atomic mass is 127. The standard InChI is InChI=1S/C6H13NO5.HI/c7-3-5(10)4(9)2(1-8)12-6(3)11;/h2-6,8-11H,1,7H2;1H/t2-,3+,4-,5-,6?;/m0./s1. The molecule has 1 aliphatic heterocycles. The summed E-state index contributed by atoms with van der Waals surface area (Å²) >= 11 is 0. The molecule has 80 valence electrons. The van der Waals surface area contributed by atoms with Gasteiger partial charge in [-0.25, -0.2) is 0 Å². The molecule has 13 heavy (non-hydrogen) atoms. The average Bonchev–Trinajstić information content (AvgIpc) is 2.08. The zero-order valence-electron chi connectivity index (χ0n) is 6.78. The van der Waals surface area contributed by atoms with E-state index < -0.39 is 37.3 Å². The summed E-state index contributed by atoms with van der Waals surface area (Å²) in [5.41, 5.74) is 5.26. The van der Waals surface area contributed by atoms with E-state index in [0.717, 1.165) is 0 Å². The maximum absolute atomic E-state index is 9.20. The van der Waals surface area contributed by atoms with Crippen LogP contribution < -0.4 is 5.73 Å². The third-order valence-electron chi connectivity index (χ3n) is 1.95. The summed E-state index contributed by atoms with van der Waals surface area (Å²) in [5.74, 6) is 0. The Labute approximate surface area is 92.3 Å². The number of hydrogen-bond donors (Lipinski definition) is 5. The molecular weight excluding hydrogens is 293 g/mol. The molecule has 1 unspecified atom stereocenters. The molecule has 0 aliphatic carbocycles. The summed E-state index contributed by atoms with van der Waals surface area (Å²) in [5, 5.41) is 36.1.